The van der Waals surface area contributed by atoms with Gasteiger partial charge >= 0.3 is 0 Å². The monoisotopic (exact) mass is 902 g/mol. The fourth-order valence-electron chi connectivity index (χ4n) is 9.30. The van der Waals surface area contributed by atoms with E-state index in [1.807, 2.05) is 0 Å². The lowest BCUT2D eigenvalue weighted by Gasteiger charge is -2.26. The molecule has 5 heteroatoms. The van der Waals surface area contributed by atoms with Gasteiger partial charge in [0.15, 0.2) is 0 Å². The lowest BCUT2D eigenvalue weighted by atomic mass is 10.0. The first-order valence-electron chi connectivity index (χ1n) is 29.1. The fraction of sp³-hybridized carbons (Fsp3) is 0.915. The number of hydrogen-bond acceptors (Lipinski definition) is 4. The average molecular weight is 903 g/mol. The molecule has 0 radical (unpaired) electrons. The summed E-state index contributed by atoms with van der Waals surface area (Å²) in [6, 6.07) is -0.830. The third-order valence-corrected chi connectivity index (χ3v) is 13.8. The maximum atomic E-state index is 12.5. The number of unbranched alkanes of at least 4 members (excludes halogenated alkanes) is 42. The molecule has 0 aromatic rings. The number of rotatable bonds is 54. The zero-order valence-electron chi connectivity index (χ0n) is 43.4. The molecule has 380 valence electrons. The molecular formula is C59H115NO4. The molecule has 0 aliphatic carbocycles. The Bertz CT molecular complexity index is 951. The van der Waals surface area contributed by atoms with E-state index >= 15 is 0 Å². The van der Waals surface area contributed by atoms with Gasteiger partial charge < -0.3 is 20.6 Å². The van der Waals surface area contributed by atoms with Gasteiger partial charge in [-0.1, -0.05) is 289 Å². The average Bonchev–Trinajstić information content (AvgIpc) is 3.30. The Hall–Kier alpha value is -1.17. The molecule has 0 heterocycles. The van der Waals surface area contributed by atoms with E-state index < -0.39 is 18.2 Å². The van der Waals surface area contributed by atoms with Crippen LogP contribution in [0.3, 0.4) is 0 Å². The van der Waals surface area contributed by atoms with E-state index in [1.165, 1.54) is 250 Å². The van der Waals surface area contributed by atoms with Gasteiger partial charge in [-0.2, -0.15) is 0 Å². The van der Waals surface area contributed by atoms with Crippen LogP contribution in [0.2, 0.25) is 0 Å². The summed E-state index contributed by atoms with van der Waals surface area (Å²) in [5.74, 6) is -0.152. The van der Waals surface area contributed by atoms with E-state index in [4.69, 9.17) is 0 Å². The van der Waals surface area contributed by atoms with E-state index in [9.17, 15) is 20.1 Å². The van der Waals surface area contributed by atoms with Crippen LogP contribution < -0.4 is 5.32 Å². The topological polar surface area (TPSA) is 89.8 Å². The van der Waals surface area contributed by atoms with Crippen molar-refractivity contribution in [2.75, 3.05) is 6.61 Å². The van der Waals surface area contributed by atoms with Crippen molar-refractivity contribution >= 4 is 5.91 Å². The minimum Gasteiger partial charge on any atom is -0.394 e. The van der Waals surface area contributed by atoms with Crippen LogP contribution in [0.25, 0.3) is 0 Å². The van der Waals surface area contributed by atoms with Crippen molar-refractivity contribution in [3.8, 4) is 0 Å². The minimum absolute atomic E-state index is 0.152. The summed E-state index contributed by atoms with van der Waals surface area (Å²) in [7, 11) is 0. The van der Waals surface area contributed by atoms with Crippen molar-refractivity contribution in [2.45, 2.75) is 340 Å². The highest BCUT2D eigenvalue weighted by molar-refractivity contribution is 5.76. The van der Waals surface area contributed by atoms with E-state index in [1.54, 1.807) is 0 Å². The number of aliphatic hydroxyl groups excluding tert-OH is 3. The molecule has 0 spiro atoms. The molecule has 5 nitrogen and oxygen atoms in total. The largest absolute Gasteiger partial charge is 0.394 e. The first kappa shape index (κ1) is 62.8. The molecular weight excluding hydrogens is 787 g/mol. The number of allylic oxidation sites excluding steroid dienone is 4. The number of aliphatic hydroxyl groups is 3. The van der Waals surface area contributed by atoms with Crippen LogP contribution in [-0.2, 0) is 4.79 Å². The minimum atomic E-state index is -1.16. The van der Waals surface area contributed by atoms with Crippen molar-refractivity contribution in [3.63, 3.8) is 0 Å². The third kappa shape index (κ3) is 48.8. The number of nitrogens with one attached hydrogen (secondary N) is 1. The molecule has 3 unspecified atom stereocenters. The summed E-state index contributed by atoms with van der Waals surface area (Å²) in [5, 5.41) is 33.7. The number of carbonyl (C=O) groups excluding carboxylic acids is 1. The summed E-state index contributed by atoms with van der Waals surface area (Å²) in [6.07, 6.45) is 69.2. The lowest BCUT2D eigenvalue weighted by molar-refractivity contribution is -0.124. The van der Waals surface area contributed by atoms with Gasteiger partial charge in [-0.05, 0) is 51.4 Å². The van der Waals surface area contributed by atoms with Gasteiger partial charge in [0.05, 0.1) is 18.8 Å². The second kappa shape index (κ2) is 54.4. The van der Waals surface area contributed by atoms with Crippen LogP contribution >= 0.6 is 0 Å². The predicted molar refractivity (Wildman–Crippen MR) is 282 cm³/mol. The predicted octanol–water partition coefficient (Wildman–Crippen LogP) is 18.1. The molecule has 0 rings (SSSR count). The summed E-state index contributed by atoms with van der Waals surface area (Å²) >= 11 is 0. The van der Waals surface area contributed by atoms with Gasteiger partial charge in [0.2, 0.25) is 5.91 Å². The summed E-state index contributed by atoms with van der Waals surface area (Å²) in [6.45, 7) is 4.20. The zero-order chi connectivity index (χ0) is 46.5. The van der Waals surface area contributed by atoms with E-state index in [2.05, 4.69) is 43.5 Å². The van der Waals surface area contributed by atoms with Crippen molar-refractivity contribution in [2.24, 2.45) is 0 Å². The molecule has 0 aromatic heterocycles. The Balaban J connectivity index is 3.50. The van der Waals surface area contributed by atoms with Crippen molar-refractivity contribution in [3.05, 3.63) is 24.3 Å². The van der Waals surface area contributed by atoms with Crippen LogP contribution in [0.4, 0.5) is 0 Å². The molecule has 0 saturated heterocycles. The second-order valence-electron chi connectivity index (χ2n) is 20.2. The molecule has 0 aliphatic rings. The molecule has 1 amide bonds. The molecule has 4 N–H and O–H groups in total. The molecule has 0 fully saturated rings. The first-order valence-corrected chi connectivity index (χ1v) is 29.1. The van der Waals surface area contributed by atoms with Gasteiger partial charge in [0.1, 0.15) is 6.10 Å². The van der Waals surface area contributed by atoms with Gasteiger partial charge in [0.25, 0.3) is 0 Å². The Morgan fingerprint density at radius 2 is 0.641 bits per heavy atom. The van der Waals surface area contributed by atoms with Gasteiger partial charge in [-0.15, -0.1) is 0 Å². The molecule has 64 heavy (non-hydrogen) atoms. The van der Waals surface area contributed by atoms with Gasteiger partial charge in [-0.25, -0.2) is 0 Å². The van der Waals surface area contributed by atoms with Crippen LogP contribution in [-0.4, -0.2) is 46.1 Å². The Labute approximate surface area is 401 Å². The normalized spacial score (nSPS) is 13.4. The number of hydrogen-bond donors (Lipinski definition) is 4. The highest BCUT2D eigenvalue weighted by Crippen LogP contribution is 2.18. The highest BCUT2D eigenvalue weighted by Gasteiger charge is 2.26. The summed E-state index contributed by atoms with van der Waals surface area (Å²) in [4.78, 5) is 12.5. The fourth-order valence-corrected chi connectivity index (χ4v) is 9.30. The van der Waals surface area contributed by atoms with Crippen molar-refractivity contribution in [1.82, 2.24) is 5.32 Å². The van der Waals surface area contributed by atoms with Crippen molar-refractivity contribution < 1.29 is 20.1 Å². The Morgan fingerprint density at radius 3 is 0.953 bits per heavy atom. The highest BCUT2D eigenvalue weighted by atomic mass is 16.3. The second-order valence-corrected chi connectivity index (χ2v) is 20.2. The van der Waals surface area contributed by atoms with Crippen LogP contribution in [0.5, 0.6) is 0 Å². The van der Waals surface area contributed by atoms with E-state index in [0.717, 1.165) is 44.9 Å². The third-order valence-electron chi connectivity index (χ3n) is 13.8. The quantitative estimate of drug-likeness (QED) is 0.0362. The number of carbonyl (C=O) groups is 1. The van der Waals surface area contributed by atoms with Gasteiger partial charge in [-0.3, -0.25) is 4.79 Å². The zero-order valence-corrected chi connectivity index (χ0v) is 43.4. The SMILES string of the molecule is CCCCCCCCCCC/C=C/CC/C=C/CCCC(O)C(O)C(CO)NC(=O)CCCCCCCCCCCCCCCCCCCCCCCCCCCCCCCCCC. The number of amides is 1. The Kier molecular flexibility index (Phi) is 53.4. The van der Waals surface area contributed by atoms with Crippen LogP contribution in [0, 0.1) is 0 Å². The van der Waals surface area contributed by atoms with E-state index in [-0.39, 0.29) is 12.5 Å². The molecule has 3 atom stereocenters. The smallest absolute Gasteiger partial charge is 0.220 e. The summed E-state index contributed by atoms with van der Waals surface area (Å²) in [5.41, 5.74) is 0. The van der Waals surface area contributed by atoms with Crippen molar-refractivity contribution in [1.29, 1.82) is 0 Å². The maximum Gasteiger partial charge on any atom is 0.220 e. The lowest BCUT2D eigenvalue weighted by Crippen LogP contribution is -2.50. The van der Waals surface area contributed by atoms with Gasteiger partial charge in [0, 0.05) is 6.42 Å². The first-order chi connectivity index (χ1) is 31.6. The molecule has 0 aromatic carbocycles. The van der Waals surface area contributed by atoms with Crippen LogP contribution in [0.15, 0.2) is 24.3 Å². The van der Waals surface area contributed by atoms with Crippen LogP contribution in [0.1, 0.15) is 322 Å². The Morgan fingerprint density at radius 1 is 0.375 bits per heavy atom. The summed E-state index contributed by atoms with van der Waals surface area (Å²) < 4.78 is 0. The standard InChI is InChI=1S/C59H115NO4/c1-3-5-7-9-11-13-15-17-19-21-23-24-25-26-27-28-29-30-31-32-33-34-35-36-38-40-42-44-46-48-50-52-54-58(63)60-56(55-61)59(64)57(62)53-51-49-47-45-43-41-39-37-22-20-18-16-14-12-10-8-6-4-2/h37,39,45,47,56-57,59,61-62,64H,3-36,38,40-44,46,48-55H2,1-2H3,(H,60,63)/b39-37+,47-45+. The molecule has 0 saturated carbocycles. The molecule has 0 bridgehead atoms. The van der Waals surface area contributed by atoms with E-state index in [0.29, 0.717) is 12.8 Å². The maximum absolute atomic E-state index is 12.5. The molecule has 0 aliphatic heterocycles.